The van der Waals surface area contributed by atoms with Gasteiger partial charge in [0.05, 0.1) is 30.9 Å². The van der Waals surface area contributed by atoms with E-state index in [1.54, 1.807) is 37.8 Å². The zero-order valence-corrected chi connectivity index (χ0v) is 12.6. The van der Waals surface area contributed by atoms with Gasteiger partial charge < -0.3 is 14.0 Å². The van der Waals surface area contributed by atoms with Crippen LogP contribution >= 0.6 is 0 Å². The van der Waals surface area contributed by atoms with Gasteiger partial charge in [-0.05, 0) is 25.5 Å². The lowest BCUT2D eigenvalue weighted by Gasteiger charge is -2.12. The molecule has 0 saturated carbocycles. The molecule has 1 heterocycles. The topological polar surface area (TPSA) is 53.4 Å². The van der Waals surface area contributed by atoms with Crippen LogP contribution in [0.15, 0.2) is 30.7 Å². The van der Waals surface area contributed by atoms with E-state index < -0.39 is 0 Å². The SMILES string of the molecule is CCCn1cncc1COc1cc(OC)ccc1C(C)=O. The molecular formula is C16H20N2O3. The fraction of sp³-hybridized carbons (Fsp3) is 0.375. The number of nitrogens with zero attached hydrogens (tertiary/aromatic N) is 2. The third-order valence-corrected chi connectivity index (χ3v) is 3.21. The summed E-state index contributed by atoms with van der Waals surface area (Å²) in [6.07, 6.45) is 4.60. The van der Waals surface area contributed by atoms with Crippen LogP contribution in [0.5, 0.6) is 11.5 Å². The molecule has 0 radical (unpaired) electrons. The molecule has 0 unspecified atom stereocenters. The zero-order chi connectivity index (χ0) is 15.2. The number of ketones is 1. The lowest BCUT2D eigenvalue weighted by atomic mass is 10.1. The van der Waals surface area contributed by atoms with Crippen molar-refractivity contribution >= 4 is 5.78 Å². The number of aryl methyl sites for hydroxylation is 1. The fourth-order valence-corrected chi connectivity index (χ4v) is 2.10. The molecule has 112 valence electrons. The van der Waals surface area contributed by atoms with Gasteiger partial charge in [0.2, 0.25) is 0 Å². The van der Waals surface area contributed by atoms with Gasteiger partial charge in [-0.2, -0.15) is 0 Å². The molecule has 2 aromatic rings. The second-order valence-electron chi connectivity index (χ2n) is 4.79. The first-order valence-electron chi connectivity index (χ1n) is 6.96. The van der Waals surface area contributed by atoms with Gasteiger partial charge in [-0.1, -0.05) is 6.92 Å². The first kappa shape index (κ1) is 15.1. The number of carbonyl (C=O) groups is 1. The Balaban J connectivity index is 2.18. The number of ether oxygens (including phenoxy) is 2. The molecule has 0 aliphatic rings. The lowest BCUT2D eigenvalue weighted by molar-refractivity contribution is 0.101. The Morgan fingerprint density at radius 2 is 2.19 bits per heavy atom. The molecule has 1 aromatic heterocycles. The molecule has 1 aromatic carbocycles. The molecule has 0 bridgehead atoms. The minimum Gasteiger partial charge on any atom is -0.497 e. The fourth-order valence-electron chi connectivity index (χ4n) is 2.10. The van der Waals surface area contributed by atoms with Crippen LogP contribution in [0, 0.1) is 0 Å². The molecule has 0 saturated heterocycles. The van der Waals surface area contributed by atoms with E-state index in [2.05, 4.69) is 11.9 Å². The molecule has 5 heteroatoms. The van der Waals surface area contributed by atoms with Crippen molar-refractivity contribution in [3.05, 3.63) is 42.0 Å². The largest absolute Gasteiger partial charge is 0.497 e. The summed E-state index contributed by atoms with van der Waals surface area (Å²) in [5, 5.41) is 0. The van der Waals surface area contributed by atoms with Crippen LogP contribution in [0.1, 0.15) is 36.3 Å². The second-order valence-corrected chi connectivity index (χ2v) is 4.79. The van der Waals surface area contributed by atoms with E-state index in [1.807, 2.05) is 4.57 Å². The summed E-state index contributed by atoms with van der Waals surface area (Å²) in [6, 6.07) is 5.21. The Morgan fingerprint density at radius 1 is 1.38 bits per heavy atom. The Labute approximate surface area is 124 Å². The summed E-state index contributed by atoms with van der Waals surface area (Å²) in [4.78, 5) is 15.8. The Morgan fingerprint density at radius 3 is 2.86 bits per heavy atom. The highest BCUT2D eigenvalue weighted by atomic mass is 16.5. The molecule has 0 spiro atoms. The maximum Gasteiger partial charge on any atom is 0.163 e. The molecule has 21 heavy (non-hydrogen) atoms. The molecule has 0 amide bonds. The van der Waals surface area contributed by atoms with E-state index in [9.17, 15) is 4.79 Å². The van der Waals surface area contributed by atoms with Crippen LogP contribution in [0.3, 0.4) is 0 Å². The third-order valence-electron chi connectivity index (χ3n) is 3.21. The van der Waals surface area contributed by atoms with Gasteiger partial charge in [0.1, 0.15) is 18.1 Å². The van der Waals surface area contributed by atoms with E-state index in [1.165, 1.54) is 6.92 Å². The Kier molecular flexibility index (Phi) is 4.98. The Hall–Kier alpha value is -2.30. The van der Waals surface area contributed by atoms with Crippen LogP contribution < -0.4 is 9.47 Å². The van der Waals surface area contributed by atoms with Crippen molar-refractivity contribution in [2.24, 2.45) is 0 Å². The van der Waals surface area contributed by atoms with Crippen LogP contribution in [0.2, 0.25) is 0 Å². The van der Waals surface area contributed by atoms with Crippen LogP contribution in [0.4, 0.5) is 0 Å². The van der Waals surface area contributed by atoms with Gasteiger partial charge in [0, 0.05) is 12.6 Å². The van der Waals surface area contributed by atoms with Gasteiger partial charge >= 0.3 is 0 Å². The van der Waals surface area contributed by atoms with Gasteiger partial charge in [0.25, 0.3) is 0 Å². The maximum atomic E-state index is 11.7. The van der Waals surface area contributed by atoms with Crippen molar-refractivity contribution in [2.75, 3.05) is 7.11 Å². The van der Waals surface area contributed by atoms with E-state index in [-0.39, 0.29) is 5.78 Å². The smallest absolute Gasteiger partial charge is 0.163 e. The van der Waals surface area contributed by atoms with Gasteiger partial charge in [-0.25, -0.2) is 4.98 Å². The first-order valence-corrected chi connectivity index (χ1v) is 6.96. The molecule has 5 nitrogen and oxygen atoms in total. The first-order chi connectivity index (χ1) is 10.2. The number of rotatable bonds is 7. The molecule has 2 rings (SSSR count). The molecular weight excluding hydrogens is 268 g/mol. The minimum absolute atomic E-state index is 0.0327. The summed E-state index contributed by atoms with van der Waals surface area (Å²) >= 11 is 0. The molecule has 0 N–H and O–H groups in total. The van der Waals surface area contributed by atoms with Crippen LogP contribution in [0.25, 0.3) is 0 Å². The van der Waals surface area contributed by atoms with Crippen LogP contribution in [-0.2, 0) is 13.2 Å². The van der Waals surface area contributed by atoms with Crippen molar-refractivity contribution in [3.63, 3.8) is 0 Å². The van der Waals surface area contributed by atoms with E-state index in [4.69, 9.17) is 9.47 Å². The monoisotopic (exact) mass is 288 g/mol. The van der Waals surface area contributed by atoms with Crippen molar-refractivity contribution in [2.45, 2.75) is 33.4 Å². The summed E-state index contributed by atoms with van der Waals surface area (Å²) in [5.41, 5.74) is 1.53. The van der Waals surface area contributed by atoms with E-state index >= 15 is 0 Å². The molecule has 0 aliphatic heterocycles. The average Bonchev–Trinajstić information content (AvgIpc) is 2.92. The predicted octanol–water partition coefficient (Wildman–Crippen LogP) is 3.08. The number of hydrogen-bond donors (Lipinski definition) is 0. The molecule has 0 atom stereocenters. The number of hydrogen-bond acceptors (Lipinski definition) is 4. The highest BCUT2D eigenvalue weighted by molar-refractivity contribution is 5.97. The van der Waals surface area contributed by atoms with E-state index in [0.29, 0.717) is 23.7 Å². The average molecular weight is 288 g/mol. The number of Topliss-reactive ketones (excluding diaryl/α,β-unsaturated/α-hetero) is 1. The number of imidazole rings is 1. The van der Waals surface area contributed by atoms with Crippen molar-refractivity contribution in [3.8, 4) is 11.5 Å². The Bertz CT molecular complexity index is 620. The standard InChI is InChI=1S/C16H20N2O3/c1-4-7-18-11-17-9-13(18)10-21-16-8-14(20-3)5-6-15(16)12(2)19/h5-6,8-9,11H,4,7,10H2,1-3H3. The quantitative estimate of drug-likeness (QED) is 0.735. The minimum atomic E-state index is -0.0327. The lowest BCUT2D eigenvalue weighted by Crippen LogP contribution is -2.07. The van der Waals surface area contributed by atoms with Gasteiger partial charge in [0.15, 0.2) is 5.78 Å². The number of carbonyl (C=O) groups excluding carboxylic acids is 1. The second kappa shape index (κ2) is 6.92. The highest BCUT2D eigenvalue weighted by Gasteiger charge is 2.11. The van der Waals surface area contributed by atoms with Crippen molar-refractivity contribution in [1.82, 2.24) is 9.55 Å². The van der Waals surface area contributed by atoms with Crippen LogP contribution in [-0.4, -0.2) is 22.4 Å². The van der Waals surface area contributed by atoms with Crippen molar-refractivity contribution in [1.29, 1.82) is 0 Å². The molecule has 0 fully saturated rings. The molecule has 0 aliphatic carbocycles. The highest BCUT2D eigenvalue weighted by Crippen LogP contribution is 2.26. The van der Waals surface area contributed by atoms with Crippen molar-refractivity contribution < 1.29 is 14.3 Å². The summed E-state index contributed by atoms with van der Waals surface area (Å²) in [7, 11) is 1.59. The summed E-state index contributed by atoms with van der Waals surface area (Å²) in [5.74, 6) is 1.16. The predicted molar refractivity (Wildman–Crippen MR) is 79.8 cm³/mol. The number of aromatic nitrogens is 2. The van der Waals surface area contributed by atoms with E-state index in [0.717, 1.165) is 18.7 Å². The summed E-state index contributed by atoms with van der Waals surface area (Å²) < 4.78 is 13.0. The number of methoxy groups -OCH3 is 1. The summed E-state index contributed by atoms with van der Waals surface area (Å²) in [6.45, 7) is 4.90. The normalized spacial score (nSPS) is 10.4. The maximum absolute atomic E-state index is 11.7. The van der Waals surface area contributed by atoms with Gasteiger partial charge in [-0.3, -0.25) is 4.79 Å². The number of benzene rings is 1. The third kappa shape index (κ3) is 3.62. The van der Waals surface area contributed by atoms with Gasteiger partial charge in [-0.15, -0.1) is 0 Å². The zero-order valence-electron chi connectivity index (χ0n) is 12.6.